The van der Waals surface area contributed by atoms with Crippen molar-refractivity contribution in [1.82, 2.24) is 14.9 Å². The second kappa shape index (κ2) is 9.53. The van der Waals surface area contributed by atoms with E-state index in [4.69, 9.17) is 14.7 Å². The Morgan fingerprint density at radius 1 is 1.08 bits per heavy atom. The van der Waals surface area contributed by atoms with Crippen LogP contribution in [-0.4, -0.2) is 54.2 Å². The van der Waals surface area contributed by atoms with Crippen molar-refractivity contribution >= 4 is 16.9 Å². The van der Waals surface area contributed by atoms with E-state index in [0.29, 0.717) is 6.61 Å². The summed E-state index contributed by atoms with van der Waals surface area (Å²) in [5, 5.41) is 0.997. The quantitative estimate of drug-likeness (QED) is 0.505. The number of benzene rings is 1. The number of anilines is 1. The number of para-hydroxylation sites is 1. The van der Waals surface area contributed by atoms with Crippen molar-refractivity contribution in [1.29, 1.82) is 0 Å². The molecule has 2 aromatic rings. The number of hydrogen-bond acceptors (Lipinski definition) is 5. The van der Waals surface area contributed by atoms with Crippen LogP contribution in [0.25, 0.3) is 10.9 Å². The van der Waals surface area contributed by atoms with Crippen molar-refractivity contribution in [3.05, 3.63) is 36.9 Å². The number of ether oxygens (including phenoxy) is 1. The van der Waals surface area contributed by atoms with Gasteiger partial charge in [0.15, 0.2) is 0 Å². The molecule has 2 heterocycles. The fourth-order valence-electron chi connectivity index (χ4n) is 3.30. The molecular weight excluding hydrogens is 324 g/mol. The average molecular weight is 354 g/mol. The maximum atomic E-state index is 6.06. The lowest BCUT2D eigenvalue weighted by Crippen LogP contribution is -2.46. The van der Waals surface area contributed by atoms with E-state index in [1.807, 2.05) is 30.3 Å². The van der Waals surface area contributed by atoms with Crippen LogP contribution in [0.5, 0.6) is 5.88 Å². The van der Waals surface area contributed by atoms with Crippen LogP contribution < -0.4 is 9.64 Å². The van der Waals surface area contributed by atoms with Crippen molar-refractivity contribution < 1.29 is 4.74 Å². The highest BCUT2D eigenvalue weighted by Crippen LogP contribution is 2.26. The number of hydrogen-bond donors (Lipinski definition) is 0. The maximum Gasteiger partial charge on any atom is 0.229 e. The fraction of sp³-hybridized carbons (Fsp3) is 0.524. The summed E-state index contributed by atoms with van der Waals surface area (Å²) >= 11 is 0. The number of rotatable bonds is 9. The number of fused-ring (bicyclic) bond motifs is 1. The minimum atomic E-state index is 0.716. The molecule has 0 bridgehead atoms. The first kappa shape index (κ1) is 18.6. The molecule has 0 spiro atoms. The third-order valence-corrected chi connectivity index (χ3v) is 4.84. The highest BCUT2D eigenvalue weighted by molar-refractivity contribution is 5.84. The monoisotopic (exact) mass is 354 g/mol. The predicted molar refractivity (Wildman–Crippen MR) is 108 cm³/mol. The molecule has 0 unspecified atom stereocenters. The lowest BCUT2D eigenvalue weighted by molar-refractivity contribution is 0.280. The zero-order valence-electron chi connectivity index (χ0n) is 15.9. The van der Waals surface area contributed by atoms with Crippen LogP contribution in [0, 0.1) is 0 Å². The van der Waals surface area contributed by atoms with Gasteiger partial charge in [0.25, 0.3) is 0 Å². The Labute approximate surface area is 156 Å². The summed E-state index contributed by atoms with van der Waals surface area (Å²) in [7, 11) is 0. The Kier molecular flexibility index (Phi) is 6.83. The first-order chi connectivity index (χ1) is 12.8. The van der Waals surface area contributed by atoms with E-state index < -0.39 is 0 Å². The van der Waals surface area contributed by atoms with E-state index in [2.05, 4.69) is 23.3 Å². The molecule has 0 saturated carbocycles. The molecule has 3 rings (SSSR count). The Morgan fingerprint density at radius 2 is 1.88 bits per heavy atom. The van der Waals surface area contributed by atoms with Crippen molar-refractivity contribution in [2.75, 3.05) is 44.2 Å². The molecule has 1 aliphatic heterocycles. The van der Waals surface area contributed by atoms with Gasteiger partial charge in [-0.05, 0) is 18.6 Å². The first-order valence-electron chi connectivity index (χ1n) is 9.79. The first-order valence-corrected chi connectivity index (χ1v) is 9.79. The Balaban J connectivity index is 1.73. The lowest BCUT2D eigenvalue weighted by atomic mass is 10.2. The maximum absolute atomic E-state index is 6.06. The van der Waals surface area contributed by atoms with E-state index in [-0.39, 0.29) is 0 Å². The summed E-state index contributed by atoms with van der Waals surface area (Å²) in [5.41, 5.74) is 0.953. The van der Waals surface area contributed by atoms with Gasteiger partial charge < -0.3 is 9.64 Å². The topological polar surface area (TPSA) is 41.5 Å². The highest BCUT2D eigenvalue weighted by Gasteiger charge is 2.20. The SMILES string of the molecule is C=CCN1CCN(c2nc(OCCCCCC)c3ccccc3n2)CC1. The number of unbranched alkanes of at least 4 members (excludes halogenated alkanes) is 3. The van der Waals surface area contributed by atoms with Crippen molar-refractivity contribution in [3.63, 3.8) is 0 Å². The summed E-state index contributed by atoms with van der Waals surface area (Å²) in [6, 6.07) is 8.12. The van der Waals surface area contributed by atoms with Crippen LogP contribution in [0.3, 0.4) is 0 Å². The normalized spacial score (nSPS) is 15.3. The minimum Gasteiger partial charge on any atom is -0.477 e. The molecule has 0 N–H and O–H groups in total. The molecule has 5 heteroatoms. The molecule has 1 aromatic carbocycles. The molecule has 0 amide bonds. The molecule has 140 valence electrons. The van der Waals surface area contributed by atoms with Gasteiger partial charge >= 0.3 is 0 Å². The smallest absolute Gasteiger partial charge is 0.229 e. The number of aromatic nitrogens is 2. The second-order valence-electron chi connectivity index (χ2n) is 6.83. The molecule has 5 nitrogen and oxygen atoms in total. The highest BCUT2D eigenvalue weighted by atomic mass is 16.5. The lowest BCUT2D eigenvalue weighted by Gasteiger charge is -2.34. The Hall–Kier alpha value is -2.14. The summed E-state index contributed by atoms with van der Waals surface area (Å²) in [5.74, 6) is 1.50. The third kappa shape index (κ3) is 4.73. The molecule has 26 heavy (non-hydrogen) atoms. The van der Waals surface area contributed by atoms with Crippen LogP contribution in [0.15, 0.2) is 36.9 Å². The van der Waals surface area contributed by atoms with Crippen molar-refractivity contribution in [3.8, 4) is 5.88 Å². The molecular formula is C21H30N4O. The fourth-order valence-corrected chi connectivity index (χ4v) is 3.30. The third-order valence-electron chi connectivity index (χ3n) is 4.84. The van der Waals surface area contributed by atoms with Crippen LogP contribution in [-0.2, 0) is 0 Å². The van der Waals surface area contributed by atoms with E-state index in [1.165, 1.54) is 19.3 Å². The number of piperazine rings is 1. The van der Waals surface area contributed by atoms with Crippen LogP contribution in [0.2, 0.25) is 0 Å². The summed E-state index contributed by atoms with van der Waals surface area (Å²) in [6.07, 6.45) is 6.73. The average Bonchev–Trinajstić information content (AvgIpc) is 2.68. The molecule has 1 saturated heterocycles. The molecule has 1 aliphatic rings. The Bertz CT molecular complexity index is 710. The molecule has 0 aliphatic carbocycles. The predicted octanol–water partition coefficient (Wildman–Crippen LogP) is 3.90. The van der Waals surface area contributed by atoms with Crippen LogP contribution in [0.4, 0.5) is 5.95 Å². The van der Waals surface area contributed by atoms with Crippen LogP contribution in [0.1, 0.15) is 32.6 Å². The molecule has 1 fully saturated rings. The van der Waals surface area contributed by atoms with E-state index in [9.17, 15) is 0 Å². The van der Waals surface area contributed by atoms with Gasteiger partial charge in [-0.2, -0.15) is 4.98 Å². The van der Waals surface area contributed by atoms with Crippen molar-refractivity contribution in [2.24, 2.45) is 0 Å². The molecule has 1 aromatic heterocycles. The van der Waals surface area contributed by atoms with Gasteiger partial charge in [-0.1, -0.05) is 44.4 Å². The largest absolute Gasteiger partial charge is 0.477 e. The van der Waals surface area contributed by atoms with Crippen LogP contribution >= 0.6 is 0 Å². The van der Waals surface area contributed by atoms with E-state index in [0.717, 1.165) is 61.9 Å². The van der Waals surface area contributed by atoms with E-state index >= 15 is 0 Å². The van der Waals surface area contributed by atoms with Gasteiger partial charge in [0, 0.05) is 32.7 Å². The molecule has 0 radical (unpaired) electrons. The second-order valence-corrected chi connectivity index (χ2v) is 6.83. The minimum absolute atomic E-state index is 0.716. The summed E-state index contributed by atoms with van der Waals surface area (Å²) in [6.45, 7) is 11.6. The van der Waals surface area contributed by atoms with Gasteiger partial charge in [0.2, 0.25) is 11.8 Å². The number of nitrogens with zero attached hydrogens (tertiary/aromatic N) is 4. The Morgan fingerprint density at radius 3 is 2.65 bits per heavy atom. The summed E-state index contributed by atoms with van der Waals surface area (Å²) in [4.78, 5) is 14.2. The van der Waals surface area contributed by atoms with Gasteiger partial charge in [-0.15, -0.1) is 6.58 Å². The zero-order chi connectivity index (χ0) is 18.2. The van der Waals surface area contributed by atoms with E-state index in [1.54, 1.807) is 0 Å². The standard InChI is InChI=1S/C21H30N4O/c1-3-5-6-9-17-26-20-18-10-7-8-11-19(18)22-21(23-20)25-15-13-24(12-4-2)14-16-25/h4,7-8,10-11H,2-3,5-6,9,12-17H2,1H3. The van der Waals surface area contributed by atoms with Crippen molar-refractivity contribution in [2.45, 2.75) is 32.6 Å². The van der Waals surface area contributed by atoms with Gasteiger partial charge in [-0.3, -0.25) is 4.90 Å². The van der Waals surface area contributed by atoms with Gasteiger partial charge in [0.1, 0.15) is 0 Å². The summed E-state index contributed by atoms with van der Waals surface area (Å²) < 4.78 is 6.06. The zero-order valence-corrected chi connectivity index (χ0v) is 15.9. The van der Waals surface area contributed by atoms with Gasteiger partial charge in [-0.25, -0.2) is 4.98 Å². The molecule has 0 atom stereocenters. The van der Waals surface area contributed by atoms with Gasteiger partial charge in [0.05, 0.1) is 17.5 Å².